The Hall–Kier alpha value is 2.30. The zero-order valence-corrected chi connectivity index (χ0v) is 5.15. The molecule has 0 saturated heterocycles. The van der Waals surface area contributed by atoms with E-state index in [0.29, 0.717) is 0 Å². The summed E-state index contributed by atoms with van der Waals surface area (Å²) < 4.78 is 0. The number of hydrogen-bond acceptors (Lipinski definition) is 0. The van der Waals surface area contributed by atoms with Crippen molar-refractivity contribution in [2.24, 2.45) is 0 Å². The standard InChI is InChI=1S/Co.Cr.Ga.Ru.3H. The molecule has 0 spiro atoms. The Labute approximate surface area is 72.6 Å². The Kier molecular flexibility index (Phi) is 155. The van der Waals surface area contributed by atoms with Crippen LogP contribution in [0.2, 0.25) is 0 Å². The third kappa shape index (κ3) is 8.85. The fourth-order valence-electron chi connectivity index (χ4n) is 0. The van der Waals surface area contributed by atoms with E-state index in [1.54, 1.807) is 0 Å². The molecule has 0 bridgehead atoms. The summed E-state index contributed by atoms with van der Waals surface area (Å²) in [6.45, 7) is 0. The monoisotopic (exact) mass is 285 g/mol. The van der Waals surface area contributed by atoms with Crippen LogP contribution in [0.3, 0.4) is 0 Å². The van der Waals surface area contributed by atoms with Gasteiger partial charge in [-0.25, -0.2) is 0 Å². The van der Waals surface area contributed by atoms with E-state index < -0.39 is 0 Å². The van der Waals surface area contributed by atoms with Crippen molar-refractivity contribution in [3.63, 3.8) is 0 Å². The van der Waals surface area contributed by atoms with Gasteiger partial charge in [0.05, 0.1) is 0 Å². The van der Waals surface area contributed by atoms with Crippen LogP contribution in [0.25, 0.3) is 0 Å². The maximum atomic E-state index is 0. The summed E-state index contributed by atoms with van der Waals surface area (Å²) in [5.41, 5.74) is 0. The first-order chi connectivity index (χ1) is 0. The molecule has 0 aliphatic heterocycles. The molecule has 29 valence electrons. The Morgan fingerprint density at radius 2 is 1.00 bits per heavy atom. The molecule has 4 heteroatoms. The van der Waals surface area contributed by atoms with E-state index in [-0.39, 0.29) is 73.4 Å². The van der Waals surface area contributed by atoms with Crippen molar-refractivity contribution in [2.45, 2.75) is 0 Å². The third-order valence-electron chi connectivity index (χ3n) is 0. The second kappa shape index (κ2) is 18.5. The van der Waals surface area contributed by atoms with Crippen LogP contribution in [-0.4, -0.2) is 19.8 Å². The maximum Gasteiger partial charge on any atom is 0 e. The minimum atomic E-state index is 0. The molecule has 4 heavy (non-hydrogen) atoms. The van der Waals surface area contributed by atoms with E-state index in [2.05, 4.69) is 0 Å². The molecule has 0 aromatic rings. The molecule has 0 amide bonds. The van der Waals surface area contributed by atoms with E-state index in [9.17, 15) is 0 Å². The first-order valence-corrected chi connectivity index (χ1v) is 0. The summed E-state index contributed by atoms with van der Waals surface area (Å²) in [6.07, 6.45) is 0. The molecule has 0 rings (SSSR count). The van der Waals surface area contributed by atoms with Crippen LogP contribution < -0.4 is 0 Å². The van der Waals surface area contributed by atoms with Gasteiger partial charge < -0.3 is 0 Å². The molecule has 0 aliphatic carbocycles. The first-order valence-electron chi connectivity index (χ1n) is 0. The molecule has 0 N–H and O–H groups in total. The van der Waals surface area contributed by atoms with Gasteiger partial charge in [-0.2, -0.15) is 0 Å². The second-order valence-corrected chi connectivity index (χ2v) is 0. The van der Waals surface area contributed by atoms with E-state index >= 15 is 0 Å². The predicted molar refractivity (Wildman–Crippen MR) is 9.94 cm³/mol. The van der Waals surface area contributed by atoms with Crippen molar-refractivity contribution in [3.8, 4) is 0 Å². The fourth-order valence-corrected chi connectivity index (χ4v) is 0. The van der Waals surface area contributed by atoms with Crippen molar-refractivity contribution in [1.82, 2.24) is 0 Å². The molecule has 0 fully saturated rings. The molecule has 0 aliphatic rings. The molecule has 0 saturated carbocycles. The zero-order chi connectivity index (χ0) is 0. The summed E-state index contributed by atoms with van der Waals surface area (Å²) in [6, 6.07) is 0. The summed E-state index contributed by atoms with van der Waals surface area (Å²) in [5.74, 6) is 0. The van der Waals surface area contributed by atoms with Gasteiger partial charge in [-0.1, -0.05) is 0 Å². The van der Waals surface area contributed by atoms with Crippen LogP contribution >= 0.6 is 0 Å². The number of rotatable bonds is 0. The maximum absolute atomic E-state index is 0. The van der Waals surface area contributed by atoms with E-state index in [4.69, 9.17) is 0 Å². The summed E-state index contributed by atoms with van der Waals surface area (Å²) in [4.78, 5) is 0. The molecule has 0 unspecified atom stereocenters. The van der Waals surface area contributed by atoms with Crippen molar-refractivity contribution in [1.29, 1.82) is 0 Å². The molecule has 0 heterocycles. The Morgan fingerprint density at radius 1 is 1.00 bits per heavy atom. The van der Waals surface area contributed by atoms with Gasteiger partial charge in [0.25, 0.3) is 0 Å². The zero-order valence-electron chi connectivity index (χ0n) is 1.10. The van der Waals surface area contributed by atoms with Crippen LogP contribution in [0.1, 0.15) is 0 Å². The van der Waals surface area contributed by atoms with Gasteiger partial charge in [0.2, 0.25) is 0 Å². The Morgan fingerprint density at radius 3 is 1.00 bits per heavy atom. The van der Waals surface area contributed by atoms with Gasteiger partial charge in [-0.15, -0.1) is 0 Å². The normalized spacial score (nSPS) is 0. The molecular formula is H3CoCrGaRu. The largest absolute Gasteiger partial charge is 0 e. The van der Waals surface area contributed by atoms with Gasteiger partial charge in [0, 0.05) is 53.6 Å². The fraction of sp³-hybridized carbons (Fsp3) is 0. The van der Waals surface area contributed by atoms with Crippen LogP contribution in [-0.2, 0) is 53.6 Å². The van der Waals surface area contributed by atoms with Gasteiger partial charge in [-0.3, -0.25) is 0 Å². The van der Waals surface area contributed by atoms with Gasteiger partial charge in [0.1, 0.15) is 0 Å². The van der Waals surface area contributed by atoms with Crippen molar-refractivity contribution >= 4 is 19.8 Å². The molecule has 1 radical (unpaired) electrons. The van der Waals surface area contributed by atoms with E-state index in [0.717, 1.165) is 0 Å². The first kappa shape index (κ1) is 33.5. The van der Waals surface area contributed by atoms with E-state index in [1.807, 2.05) is 0 Å². The average molecular weight is 285 g/mol. The predicted octanol–water partition coefficient (Wildman–Crippen LogP) is -1.19. The van der Waals surface area contributed by atoms with Crippen LogP contribution in [0.15, 0.2) is 0 Å². The Balaban J connectivity index is 0. The van der Waals surface area contributed by atoms with Crippen LogP contribution in [0.5, 0.6) is 0 Å². The third-order valence-corrected chi connectivity index (χ3v) is 0. The summed E-state index contributed by atoms with van der Waals surface area (Å²) >= 11 is 0. The SMILES string of the molecule is [Co].[Cr].[GaH3].[Ru]. The van der Waals surface area contributed by atoms with Crippen molar-refractivity contribution in [2.75, 3.05) is 0 Å². The molecule has 0 aromatic carbocycles. The van der Waals surface area contributed by atoms with Gasteiger partial charge in [0.15, 0.2) is 0 Å². The molecule has 0 aromatic heterocycles. The second-order valence-electron chi connectivity index (χ2n) is 0. The van der Waals surface area contributed by atoms with Gasteiger partial charge in [-0.05, 0) is 0 Å². The average Bonchev–Trinajstić information content (AvgIpc) is 0. The van der Waals surface area contributed by atoms with Crippen LogP contribution in [0.4, 0.5) is 0 Å². The minimum Gasteiger partial charge on any atom is 0 e. The summed E-state index contributed by atoms with van der Waals surface area (Å²) in [5, 5.41) is 0. The van der Waals surface area contributed by atoms with Gasteiger partial charge >= 0.3 is 19.8 Å². The van der Waals surface area contributed by atoms with Crippen molar-refractivity contribution < 1.29 is 53.6 Å². The topological polar surface area (TPSA) is 0 Å². The molecule has 0 atom stereocenters. The summed E-state index contributed by atoms with van der Waals surface area (Å²) in [7, 11) is 0. The smallest absolute Gasteiger partial charge is 0 e. The van der Waals surface area contributed by atoms with Crippen molar-refractivity contribution in [3.05, 3.63) is 0 Å². The molecule has 0 nitrogen and oxygen atoms in total. The van der Waals surface area contributed by atoms with Crippen LogP contribution in [0, 0.1) is 0 Å². The Bertz CT molecular complexity index is 8.00. The number of hydrogen-bond donors (Lipinski definition) is 0. The van der Waals surface area contributed by atoms with E-state index in [1.165, 1.54) is 0 Å². The molecular weight excluding hydrogens is 282 g/mol. The minimum absolute atomic E-state index is 0. The quantitative estimate of drug-likeness (QED) is 0.491.